The van der Waals surface area contributed by atoms with Gasteiger partial charge in [-0.05, 0) is 51.7 Å². The number of halogens is 4. The fraction of sp³-hybridized carbons (Fsp3) is 0.316. The predicted molar refractivity (Wildman–Crippen MR) is 98.4 cm³/mol. The van der Waals surface area contributed by atoms with Crippen molar-refractivity contribution in [2.45, 2.75) is 25.1 Å². The first-order valence-electron chi connectivity index (χ1n) is 8.15. The lowest BCUT2D eigenvalue weighted by molar-refractivity contribution is -0.139. The molecule has 0 spiro atoms. The van der Waals surface area contributed by atoms with Crippen molar-refractivity contribution in [3.05, 3.63) is 63.6 Å². The van der Waals surface area contributed by atoms with Crippen molar-refractivity contribution in [2.75, 3.05) is 13.7 Å². The van der Waals surface area contributed by atoms with Crippen LogP contribution in [0.5, 0.6) is 5.75 Å². The highest BCUT2D eigenvalue weighted by Gasteiger charge is 2.34. The number of hydrogen-bond acceptors (Lipinski definition) is 3. The Morgan fingerprint density at radius 1 is 1.26 bits per heavy atom. The average molecular weight is 446 g/mol. The lowest BCUT2D eigenvalue weighted by atomic mass is 10.0. The molecule has 146 valence electrons. The number of nitrogens with one attached hydrogen (secondary N) is 1. The van der Waals surface area contributed by atoms with Gasteiger partial charge in [-0.15, -0.1) is 0 Å². The lowest BCUT2D eigenvalue weighted by Crippen LogP contribution is -2.29. The average Bonchev–Trinajstić information content (AvgIpc) is 2.63. The monoisotopic (exact) mass is 445 g/mol. The van der Waals surface area contributed by atoms with Crippen molar-refractivity contribution in [1.82, 2.24) is 5.32 Å². The van der Waals surface area contributed by atoms with Crippen LogP contribution in [0.15, 0.2) is 46.9 Å². The van der Waals surface area contributed by atoms with E-state index in [-0.39, 0.29) is 24.4 Å². The van der Waals surface area contributed by atoms with Crippen LogP contribution in [0.2, 0.25) is 0 Å². The minimum absolute atomic E-state index is 0.145. The molecule has 1 atom stereocenters. The van der Waals surface area contributed by atoms with E-state index in [9.17, 15) is 23.1 Å². The van der Waals surface area contributed by atoms with Crippen LogP contribution in [0.1, 0.15) is 29.2 Å². The van der Waals surface area contributed by atoms with Gasteiger partial charge in [-0.2, -0.15) is 13.2 Å². The Labute approximate surface area is 163 Å². The Morgan fingerprint density at radius 3 is 2.59 bits per heavy atom. The number of alkyl halides is 3. The maximum atomic E-state index is 13.0. The number of amides is 1. The minimum Gasteiger partial charge on any atom is -0.496 e. The van der Waals surface area contributed by atoms with Gasteiger partial charge in [0.2, 0.25) is 5.91 Å². The number of aliphatic hydroxyl groups excluding tert-OH is 1. The van der Waals surface area contributed by atoms with Gasteiger partial charge in [0, 0.05) is 13.0 Å². The SMILES string of the molecule is COc1ccc(CCC(=O)NCC(O)c2ccccc2C(F)(F)F)cc1Br. The van der Waals surface area contributed by atoms with E-state index in [1.807, 2.05) is 12.1 Å². The van der Waals surface area contributed by atoms with Crippen LogP contribution in [0.4, 0.5) is 13.2 Å². The number of carbonyl (C=O) groups excluding carboxylic acids is 1. The molecular formula is C19H19BrF3NO3. The highest BCUT2D eigenvalue weighted by Crippen LogP contribution is 2.34. The van der Waals surface area contributed by atoms with Crippen molar-refractivity contribution in [2.24, 2.45) is 0 Å². The second-order valence-electron chi connectivity index (χ2n) is 5.87. The topological polar surface area (TPSA) is 58.6 Å². The predicted octanol–water partition coefficient (Wildman–Crippen LogP) is 4.26. The standard InChI is InChI=1S/C19H19BrF3NO3/c1-27-17-8-6-12(10-15(17)20)7-9-18(26)24-11-16(25)13-4-2-3-5-14(13)19(21,22)23/h2-6,8,10,16,25H,7,9,11H2,1H3,(H,24,26). The van der Waals surface area contributed by atoms with Gasteiger partial charge in [0.25, 0.3) is 0 Å². The third-order valence-electron chi connectivity index (χ3n) is 3.97. The molecule has 0 aliphatic heterocycles. The van der Waals surface area contributed by atoms with E-state index in [1.165, 1.54) is 18.2 Å². The van der Waals surface area contributed by atoms with E-state index < -0.39 is 17.8 Å². The summed E-state index contributed by atoms with van der Waals surface area (Å²) in [5, 5.41) is 12.5. The molecule has 0 heterocycles. The van der Waals surface area contributed by atoms with Gasteiger partial charge in [-0.25, -0.2) is 0 Å². The molecule has 0 radical (unpaired) electrons. The zero-order valence-electron chi connectivity index (χ0n) is 14.5. The molecule has 2 aromatic carbocycles. The Bertz CT molecular complexity index is 796. The summed E-state index contributed by atoms with van der Waals surface area (Å²) in [4.78, 5) is 12.0. The molecule has 2 rings (SSSR count). The lowest BCUT2D eigenvalue weighted by Gasteiger charge is -2.18. The molecule has 8 heteroatoms. The van der Waals surface area contributed by atoms with E-state index in [4.69, 9.17) is 4.74 Å². The van der Waals surface area contributed by atoms with E-state index >= 15 is 0 Å². The largest absolute Gasteiger partial charge is 0.496 e. The van der Waals surface area contributed by atoms with E-state index in [2.05, 4.69) is 21.2 Å². The summed E-state index contributed by atoms with van der Waals surface area (Å²) in [6.45, 7) is -0.293. The summed E-state index contributed by atoms with van der Waals surface area (Å²) < 4.78 is 44.9. The highest BCUT2D eigenvalue weighted by molar-refractivity contribution is 9.10. The number of ether oxygens (including phenoxy) is 1. The Morgan fingerprint density at radius 2 is 1.96 bits per heavy atom. The van der Waals surface area contributed by atoms with Gasteiger partial charge in [-0.3, -0.25) is 4.79 Å². The molecule has 2 aromatic rings. The van der Waals surface area contributed by atoms with Gasteiger partial charge in [0.05, 0.1) is 23.2 Å². The Balaban J connectivity index is 1.90. The first kappa shape index (κ1) is 21.2. The van der Waals surface area contributed by atoms with Crippen LogP contribution in [-0.4, -0.2) is 24.7 Å². The number of methoxy groups -OCH3 is 1. The van der Waals surface area contributed by atoms with Crippen molar-refractivity contribution in [1.29, 1.82) is 0 Å². The first-order chi connectivity index (χ1) is 12.7. The number of rotatable bonds is 7. The smallest absolute Gasteiger partial charge is 0.416 e. The molecule has 4 nitrogen and oxygen atoms in total. The van der Waals surface area contributed by atoms with Crippen molar-refractivity contribution in [3.8, 4) is 5.75 Å². The van der Waals surface area contributed by atoms with Gasteiger partial charge in [0.15, 0.2) is 0 Å². The summed E-state index contributed by atoms with van der Waals surface area (Å²) >= 11 is 3.36. The van der Waals surface area contributed by atoms with Crippen LogP contribution in [0.3, 0.4) is 0 Å². The molecule has 0 saturated heterocycles. The first-order valence-corrected chi connectivity index (χ1v) is 8.95. The molecule has 0 aliphatic rings. The maximum Gasteiger partial charge on any atom is 0.416 e. The molecule has 0 bridgehead atoms. The number of carbonyl (C=O) groups is 1. The fourth-order valence-electron chi connectivity index (χ4n) is 2.58. The van der Waals surface area contributed by atoms with Crippen LogP contribution in [0, 0.1) is 0 Å². The number of hydrogen-bond donors (Lipinski definition) is 2. The van der Waals surface area contributed by atoms with E-state index in [0.29, 0.717) is 12.2 Å². The fourth-order valence-corrected chi connectivity index (χ4v) is 3.17. The van der Waals surface area contributed by atoms with Crippen LogP contribution < -0.4 is 10.1 Å². The van der Waals surface area contributed by atoms with E-state index in [1.54, 1.807) is 13.2 Å². The molecule has 0 aliphatic carbocycles. The van der Waals surface area contributed by atoms with Gasteiger partial charge in [-0.1, -0.05) is 24.3 Å². The molecule has 0 saturated carbocycles. The third kappa shape index (κ3) is 5.97. The summed E-state index contributed by atoms with van der Waals surface area (Å²) in [7, 11) is 1.55. The van der Waals surface area contributed by atoms with Crippen molar-refractivity contribution < 1.29 is 27.8 Å². The van der Waals surface area contributed by atoms with Gasteiger partial charge >= 0.3 is 6.18 Å². The van der Waals surface area contributed by atoms with Crippen LogP contribution in [0.25, 0.3) is 0 Å². The molecular weight excluding hydrogens is 427 g/mol. The molecule has 0 fully saturated rings. The summed E-state index contributed by atoms with van der Waals surface area (Å²) in [6.07, 6.45) is -5.42. The van der Waals surface area contributed by atoms with E-state index in [0.717, 1.165) is 16.1 Å². The second kappa shape index (κ2) is 9.23. The normalized spacial score (nSPS) is 12.5. The molecule has 2 N–H and O–H groups in total. The highest BCUT2D eigenvalue weighted by atomic mass is 79.9. The summed E-state index contributed by atoms with van der Waals surface area (Å²) in [6, 6.07) is 10.2. The van der Waals surface area contributed by atoms with Crippen molar-refractivity contribution >= 4 is 21.8 Å². The number of aliphatic hydroxyl groups is 1. The number of benzene rings is 2. The molecule has 1 amide bonds. The number of aryl methyl sites for hydroxylation is 1. The summed E-state index contributed by atoms with van der Waals surface area (Å²) in [5.74, 6) is 0.320. The quantitative estimate of drug-likeness (QED) is 0.669. The minimum atomic E-state index is -4.57. The summed E-state index contributed by atoms with van der Waals surface area (Å²) in [5.41, 5.74) is -0.264. The molecule has 0 aromatic heterocycles. The van der Waals surface area contributed by atoms with Crippen LogP contribution >= 0.6 is 15.9 Å². The molecule has 27 heavy (non-hydrogen) atoms. The zero-order valence-corrected chi connectivity index (χ0v) is 16.1. The molecule has 1 unspecified atom stereocenters. The van der Waals surface area contributed by atoms with Gasteiger partial charge < -0.3 is 15.2 Å². The Kier molecular flexibility index (Phi) is 7.26. The van der Waals surface area contributed by atoms with Gasteiger partial charge in [0.1, 0.15) is 5.75 Å². The van der Waals surface area contributed by atoms with Crippen molar-refractivity contribution in [3.63, 3.8) is 0 Å². The van der Waals surface area contributed by atoms with Crippen LogP contribution in [-0.2, 0) is 17.4 Å². The zero-order chi connectivity index (χ0) is 20.0. The second-order valence-corrected chi connectivity index (χ2v) is 6.73. The third-order valence-corrected chi connectivity index (χ3v) is 4.59. The Hall–Kier alpha value is -2.06. The maximum absolute atomic E-state index is 13.0.